The van der Waals surface area contributed by atoms with Gasteiger partial charge in [-0.2, -0.15) is 0 Å². The van der Waals surface area contributed by atoms with E-state index in [1.54, 1.807) is 18.8 Å². The van der Waals surface area contributed by atoms with Gasteiger partial charge >= 0.3 is 5.69 Å². The van der Waals surface area contributed by atoms with Crippen molar-refractivity contribution < 1.29 is 0 Å². The lowest BCUT2D eigenvalue weighted by atomic mass is 10.1. The fraction of sp³-hybridized carbons (Fsp3) is 0.412. The number of hydrogen-bond donors (Lipinski definition) is 1. The van der Waals surface area contributed by atoms with Crippen LogP contribution in [-0.4, -0.2) is 33.5 Å². The van der Waals surface area contributed by atoms with Crippen molar-refractivity contribution in [3.05, 3.63) is 56.2 Å². The molecule has 2 heterocycles. The molecule has 0 fully saturated rings. The van der Waals surface area contributed by atoms with Crippen molar-refractivity contribution in [2.75, 3.05) is 24.8 Å². The highest BCUT2D eigenvalue weighted by Crippen LogP contribution is 2.18. The molecular weight excluding hydrogens is 324 g/mol. The van der Waals surface area contributed by atoms with Crippen LogP contribution in [0.5, 0.6) is 0 Å². The summed E-state index contributed by atoms with van der Waals surface area (Å²) in [6.07, 6.45) is 3.00. The van der Waals surface area contributed by atoms with E-state index in [0.29, 0.717) is 24.6 Å². The Balaban J connectivity index is 1.73. The van der Waals surface area contributed by atoms with Crippen LogP contribution in [0.1, 0.15) is 11.1 Å². The monoisotopic (exact) mass is 346 g/mol. The van der Waals surface area contributed by atoms with Gasteiger partial charge in [0.05, 0.1) is 12.2 Å². The van der Waals surface area contributed by atoms with Crippen LogP contribution in [0, 0.1) is 0 Å². The van der Waals surface area contributed by atoms with E-state index in [-0.39, 0.29) is 11.2 Å². The minimum absolute atomic E-state index is 0.213. The molecule has 2 aromatic rings. The molecule has 1 aromatic heterocycles. The minimum Gasteiger partial charge on any atom is -0.358 e. The zero-order valence-corrected chi connectivity index (χ0v) is 15.0. The van der Waals surface area contributed by atoms with E-state index in [9.17, 15) is 9.59 Å². The van der Waals surface area contributed by atoms with Crippen molar-refractivity contribution in [2.45, 2.75) is 17.9 Å². The maximum Gasteiger partial charge on any atom is 0.332 e. The van der Waals surface area contributed by atoms with Crippen LogP contribution in [0.3, 0.4) is 0 Å². The molecule has 1 N–H and O–H groups in total. The Morgan fingerprint density at radius 1 is 1.12 bits per heavy atom. The van der Waals surface area contributed by atoms with Crippen molar-refractivity contribution in [1.82, 2.24) is 14.0 Å². The predicted octanol–water partition coefficient (Wildman–Crippen LogP) is 1.23. The highest BCUT2D eigenvalue weighted by Gasteiger charge is 2.22. The van der Waals surface area contributed by atoms with Crippen molar-refractivity contribution in [1.29, 1.82) is 0 Å². The number of rotatable bonds is 4. The molecule has 3 rings (SSSR count). The van der Waals surface area contributed by atoms with E-state index in [1.807, 2.05) is 0 Å². The average Bonchev–Trinajstić information content (AvgIpc) is 2.63. The predicted molar refractivity (Wildman–Crippen MR) is 97.8 cm³/mol. The van der Waals surface area contributed by atoms with Gasteiger partial charge in [-0.15, -0.1) is 11.8 Å². The summed E-state index contributed by atoms with van der Waals surface area (Å²) < 4.78 is 2.68. The number of anilines is 1. The Morgan fingerprint density at radius 3 is 2.50 bits per heavy atom. The van der Waals surface area contributed by atoms with E-state index in [1.165, 1.54) is 26.6 Å². The summed E-state index contributed by atoms with van der Waals surface area (Å²) in [4.78, 5) is 27.8. The topological polar surface area (TPSA) is 59.3 Å². The molecule has 0 unspecified atom stereocenters. The van der Waals surface area contributed by atoms with Gasteiger partial charge in [0.15, 0.2) is 0 Å². The van der Waals surface area contributed by atoms with Crippen molar-refractivity contribution in [3.8, 4) is 0 Å². The molecule has 0 saturated heterocycles. The molecule has 1 aliphatic rings. The third kappa shape index (κ3) is 3.14. The summed E-state index contributed by atoms with van der Waals surface area (Å²) in [6, 6.07) is 8.57. The number of benzene rings is 1. The van der Waals surface area contributed by atoms with Gasteiger partial charge in [0.2, 0.25) is 0 Å². The van der Waals surface area contributed by atoms with Crippen molar-refractivity contribution in [2.24, 2.45) is 14.1 Å². The van der Waals surface area contributed by atoms with Crippen LogP contribution in [0.15, 0.2) is 38.8 Å². The summed E-state index contributed by atoms with van der Waals surface area (Å²) in [6.45, 7) is 2.05. The Kier molecular flexibility index (Phi) is 4.82. The fourth-order valence-electron chi connectivity index (χ4n) is 2.99. The largest absolute Gasteiger partial charge is 0.358 e. The molecule has 24 heavy (non-hydrogen) atoms. The van der Waals surface area contributed by atoms with Gasteiger partial charge in [0.25, 0.3) is 5.56 Å². The molecule has 0 spiro atoms. The van der Waals surface area contributed by atoms with Crippen LogP contribution in [0.4, 0.5) is 5.82 Å². The number of aromatic nitrogens is 2. The van der Waals surface area contributed by atoms with E-state index in [4.69, 9.17) is 0 Å². The molecule has 1 aromatic carbocycles. The summed E-state index contributed by atoms with van der Waals surface area (Å²) in [5.74, 6) is 0.642. The lowest BCUT2D eigenvalue weighted by Crippen LogP contribution is -2.46. The van der Waals surface area contributed by atoms with Gasteiger partial charge in [0, 0.05) is 32.1 Å². The molecule has 7 heteroatoms. The first-order valence-corrected chi connectivity index (χ1v) is 9.11. The van der Waals surface area contributed by atoms with Crippen molar-refractivity contribution >= 4 is 17.6 Å². The molecule has 0 aliphatic carbocycles. The van der Waals surface area contributed by atoms with Crippen LogP contribution in [0.25, 0.3) is 0 Å². The number of hydrogen-bond acceptors (Lipinski definition) is 5. The zero-order chi connectivity index (χ0) is 17.3. The number of thioether (sulfide) groups is 1. The van der Waals surface area contributed by atoms with E-state index < -0.39 is 0 Å². The molecule has 0 saturated carbocycles. The Morgan fingerprint density at radius 2 is 1.83 bits per heavy atom. The lowest BCUT2D eigenvalue weighted by molar-refractivity contribution is 0.274. The molecular formula is C17H22N4O2S. The van der Waals surface area contributed by atoms with Crippen LogP contribution in [0.2, 0.25) is 0 Å². The SMILES string of the molecule is CSc1ccc(CCN2CNc3c(c(=O)n(C)c(=O)n3C)C2)cc1. The maximum atomic E-state index is 12.4. The first-order chi connectivity index (χ1) is 11.5. The smallest absolute Gasteiger partial charge is 0.332 e. The molecule has 1 aliphatic heterocycles. The van der Waals surface area contributed by atoms with Crippen LogP contribution < -0.4 is 16.6 Å². The third-order valence-corrected chi connectivity index (χ3v) is 5.23. The maximum absolute atomic E-state index is 12.4. The Hall–Kier alpha value is -1.99. The van der Waals surface area contributed by atoms with E-state index >= 15 is 0 Å². The van der Waals surface area contributed by atoms with Gasteiger partial charge in [-0.05, 0) is 30.4 Å². The van der Waals surface area contributed by atoms with E-state index in [0.717, 1.165) is 13.0 Å². The molecule has 0 radical (unpaired) electrons. The van der Waals surface area contributed by atoms with Gasteiger partial charge in [0.1, 0.15) is 5.82 Å². The zero-order valence-electron chi connectivity index (χ0n) is 14.2. The normalized spacial score (nSPS) is 14.3. The Bertz CT molecular complexity index is 855. The van der Waals surface area contributed by atoms with Crippen molar-refractivity contribution in [3.63, 3.8) is 0 Å². The molecule has 0 atom stereocenters. The van der Waals surface area contributed by atoms with E-state index in [2.05, 4.69) is 40.7 Å². The first kappa shape index (κ1) is 16.9. The van der Waals surface area contributed by atoms with Gasteiger partial charge in [-0.3, -0.25) is 18.8 Å². The number of fused-ring (bicyclic) bond motifs is 1. The Labute approximate surface area is 145 Å². The minimum atomic E-state index is -0.298. The quantitative estimate of drug-likeness (QED) is 0.844. The van der Waals surface area contributed by atoms with Gasteiger partial charge < -0.3 is 5.32 Å². The number of nitrogens with one attached hydrogen (secondary N) is 1. The van der Waals surface area contributed by atoms with Crippen LogP contribution in [-0.2, 0) is 27.1 Å². The van der Waals surface area contributed by atoms with Crippen LogP contribution >= 0.6 is 11.8 Å². The second-order valence-corrected chi connectivity index (χ2v) is 6.90. The van der Waals surface area contributed by atoms with Gasteiger partial charge in [-0.1, -0.05) is 12.1 Å². The second-order valence-electron chi connectivity index (χ2n) is 6.02. The third-order valence-electron chi connectivity index (χ3n) is 4.49. The fourth-order valence-corrected chi connectivity index (χ4v) is 3.39. The summed E-state index contributed by atoms with van der Waals surface area (Å²) in [5, 5.41) is 3.22. The first-order valence-electron chi connectivity index (χ1n) is 7.89. The highest BCUT2D eigenvalue weighted by molar-refractivity contribution is 7.98. The highest BCUT2D eigenvalue weighted by atomic mass is 32.2. The second kappa shape index (κ2) is 6.86. The molecule has 0 amide bonds. The summed E-state index contributed by atoms with van der Waals surface area (Å²) >= 11 is 1.74. The summed E-state index contributed by atoms with van der Waals surface area (Å²) in [7, 11) is 3.22. The average molecular weight is 346 g/mol. The number of nitrogens with zero attached hydrogens (tertiary/aromatic N) is 3. The lowest BCUT2D eigenvalue weighted by Gasteiger charge is -2.30. The molecule has 6 nitrogen and oxygen atoms in total. The standard InChI is InChI=1S/C17H22N4O2S/c1-19-15-14(16(22)20(2)17(19)23)10-21(11-18-15)9-8-12-4-6-13(24-3)7-5-12/h4-7,18H,8-11H2,1-3H3. The molecule has 128 valence electrons. The molecule has 0 bridgehead atoms. The summed E-state index contributed by atoms with van der Waals surface area (Å²) in [5.41, 5.74) is 1.43. The van der Waals surface area contributed by atoms with Gasteiger partial charge in [-0.25, -0.2) is 4.79 Å².